The molecule has 0 radical (unpaired) electrons. The van der Waals surface area contributed by atoms with Crippen LogP contribution in [0.25, 0.3) is 0 Å². The number of ether oxygens (including phenoxy) is 2. The van der Waals surface area contributed by atoms with Crippen LogP contribution in [-0.4, -0.2) is 24.5 Å². The second-order valence-electron chi connectivity index (χ2n) is 6.26. The van der Waals surface area contributed by atoms with Crippen LogP contribution in [0.2, 0.25) is 0 Å². The highest BCUT2D eigenvalue weighted by Gasteiger charge is 2.55. The van der Waals surface area contributed by atoms with Crippen molar-refractivity contribution in [1.29, 1.82) is 0 Å². The van der Waals surface area contributed by atoms with Gasteiger partial charge in [-0.05, 0) is 26.2 Å². The molecule has 2 atom stereocenters. The predicted molar refractivity (Wildman–Crippen MR) is 90.4 cm³/mol. The minimum absolute atomic E-state index is 0.0660. The van der Waals surface area contributed by atoms with E-state index in [1.807, 2.05) is 18.2 Å². The average molecular weight is 326 g/mol. The minimum Gasteiger partial charge on any atom is -0.489 e. The molecule has 1 saturated heterocycles. The molecule has 0 N–H and O–H groups in total. The van der Waals surface area contributed by atoms with Crippen LogP contribution in [-0.2, 0) is 14.3 Å². The van der Waals surface area contributed by atoms with Crippen molar-refractivity contribution in [3.05, 3.63) is 59.9 Å². The normalized spacial score (nSPS) is 25.6. The Morgan fingerprint density at radius 1 is 1.38 bits per heavy atom. The van der Waals surface area contributed by atoms with Gasteiger partial charge in [0.25, 0.3) is 0 Å². The van der Waals surface area contributed by atoms with Crippen LogP contribution >= 0.6 is 0 Å². The summed E-state index contributed by atoms with van der Waals surface area (Å²) in [7, 11) is 0. The van der Waals surface area contributed by atoms with Crippen LogP contribution in [0.4, 0.5) is 0 Å². The van der Waals surface area contributed by atoms with Crippen molar-refractivity contribution in [3.8, 4) is 0 Å². The molecule has 1 aromatic rings. The predicted octanol–water partition coefficient (Wildman–Crippen LogP) is 3.83. The van der Waals surface area contributed by atoms with Crippen LogP contribution in [0, 0.1) is 5.41 Å². The van der Waals surface area contributed by atoms with Crippen LogP contribution in [0.15, 0.2) is 54.3 Å². The summed E-state index contributed by atoms with van der Waals surface area (Å²) >= 11 is 0. The fourth-order valence-electron chi connectivity index (χ4n) is 3.66. The second-order valence-corrected chi connectivity index (χ2v) is 6.26. The Kier molecular flexibility index (Phi) is 4.56. The van der Waals surface area contributed by atoms with Gasteiger partial charge in [0.15, 0.2) is 5.78 Å². The number of Topliss-reactive ketones (excluding diaryl/α,β-unsaturated/α-hetero) is 1. The molecule has 0 aromatic heterocycles. The largest absolute Gasteiger partial charge is 0.489 e. The van der Waals surface area contributed by atoms with Gasteiger partial charge in [-0.3, -0.25) is 9.59 Å². The number of rotatable bonds is 5. The van der Waals surface area contributed by atoms with E-state index in [1.54, 1.807) is 25.1 Å². The lowest BCUT2D eigenvalue weighted by atomic mass is 9.71. The Labute approximate surface area is 142 Å². The van der Waals surface area contributed by atoms with Crippen LogP contribution < -0.4 is 0 Å². The maximum atomic E-state index is 12.9. The average Bonchev–Trinajstić information content (AvgIpc) is 3.02. The van der Waals surface area contributed by atoms with Crippen molar-refractivity contribution in [2.24, 2.45) is 5.41 Å². The highest BCUT2D eigenvalue weighted by Crippen LogP contribution is 2.52. The van der Waals surface area contributed by atoms with Gasteiger partial charge in [-0.15, -0.1) is 0 Å². The van der Waals surface area contributed by atoms with Crippen molar-refractivity contribution in [2.75, 3.05) is 6.61 Å². The van der Waals surface area contributed by atoms with Gasteiger partial charge in [0.1, 0.15) is 17.3 Å². The fraction of sp³-hybridized carbons (Fsp3) is 0.400. The topological polar surface area (TPSA) is 52.6 Å². The molecule has 126 valence electrons. The molecule has 2 aliphatic rings. The number of hydrogen-bond donors (Lipinski definition) is 0. The zero-order chi connectivity index (χ0) is 17.2. The summed E-state index contributed by atoms with van der Waals surface area (Å²) in [5, 5.41) is 0. The molecule has 0 unspecified atom stereocenters. The van der Waals surface area contributed by atoms with E-state index in [0.29, 0.717) is 42.8 Å². The smallest absolute Gasteiger partial charge is 0.319 e. The fourth-order valence-corrected chi connectivity index (χ4v) is 3.66. The lowest BCUT2D eigenvalue weighted by Gasteiger charge is -2.31. The number of carbonyl (C=O) groups excluding carboxylic acids is 2. The molecule has 1 heterocycles. The number of esters is 1. The van der Waals surface area contributed by atoms with Gasteiger partial charge < -0.3 is 9.47 Å². The quantitative estimate of drug-likeness (QED) is 0.469. The zero-order valence-corrected chi connectivity index (χ0v) is 13.9. The first-order chi connectivity index (χ1) is 11.6. The first-order valence-electron chi connectivity index (χ1n) is 8.42. The molecule has 1 fully saturated rings. The van der Waals surface area contributed by atoms with E-state index >= 15 is 0 Å². The third-order valence-electron chi connectivity index (χ3n) is 4.80. The lowest BCUT2D eigenvalue weighted by molar-refractivity contribution is -0.154. The van der Waals surface area contributed by atoms with Crippen LogP contribution in [0.3, 0.4) is 0 Å². The van der Waals surface area contributed by atoms with Crippen LogP contribution in [0.5, 0.6) is 0 Å². The van der Waals surface area contributed by atoms with Crippen molar-refractivity contribution in [3.63, 3.8) is 0 Å². The molecule has 0 amide bonds. The lowest BCUT2D eigenvalue weighted by Crippen LogP contribution is -2.36. The highest BCUT2D eigenvalue weighted by molar-refractivity contribution is 6.09. The highest BCUT2D eigenvalue weighted by atomic mass is 16.5. The zero-order valence-electron chi connectivity index (χ0n) is 13.9. The number of ketones is 1. The number of carbonyl (C=O) groups is 2. The van der Waals surface area contributed by atoms with Gasteiger partial charge >= 0.3 is 5.97 Å². The van der Waals surface area contributed by atoms with Crippen molar-refractivity contribution >= 4 is 11.8 Å². The first-order valence-corrected chi connectivity index (χ1v) is 8.42. The molecule has 3 rings (SSSR count). The number of benzene rings is 1. The van der Waals surface area contributed by atoms with E-state index < -0.39 is 5.41 Å². The molecule has 0 saturated carbocycles. The Balaban J connectivity index is 2.07. The second kappa shape index (κ2) is 6.63. The summed E-state index contributed by atoms with van der Waals surface area (Å²) in [6, 6.07) is 9.12. The molecule has 0 bridgehead atoms. The van der Waals surface area contributed by atoms with Gasteiger partial charge in [0.2, 0.25) is 0 Å². The van der Waals surface area contributed by atoms with E-state index in [4.69, 9.17) is 9.47 Å². The molecule has 1 aromatic carbocycles. The maximum Gasteiger partial charge on any atom is 0.319 e. The summed E-state index contributed by atoms with van der Waals surface area (Å²) in [5.41, 5.74) is 0.377. The third-order valence-corrected chi connectivity index (χ3v) is 4.80. The number of fused-ring (bicyclic) bond motifs is 1. The molecule has 1 aliphatic heterocycles. The molecule has 4 nitrogen and oxygen atoms in total. The minimum atomic E-state index is -0.840. The maximum absolute atomic E-state index is 12.9. The summed E-state index contributed by atoms with van der Waals surface area (Å²) in [4.78, 5) is 25.6. The Bertz CT molecular complexity index is 689. The van der Waals surface area contributed by atoms with Crippen molar-refractivity contribution in [2.45, 2.75) is 38.7 Å². The summed E-state index contributed by atoms with van der Waals surface area (Å²) in [6.45, 7) is 5.88. The Hall–Kier alpha value is -2.36. The molecule has 0 spiro atoms. The van der Waals surface area contributed by atoms with E-state index in [1.165, 1.54) is 0 Å². The molecule has 4 heteroatoms. The monoisotopic (exact) mass is 326 g/mol. The van der Waals surface area contributed by atoms with E-state index in [2.05, 4.69) is 6.58 Å². The van der Waals surface area contributed by atoms with E-state index in [9.17, 15) is 9.59 Å². The number of allylic oxidation sites excluding steroid dienone is 1. The SMILES string of the molecule is C=C[C@H]1C[C@@]2(C(=O)OCC)CCCC(C(=O)c3ccccc3)=C2O1. The Morgan fingerprint density at radius 3 is 2.79 bits per heavy atom. The van der Waals surface area contributed by atoms with Gasteiger partial charge in [0, 0.05) is 17.6 Å². The molecular weight excluding hydrogens is 304 g/mol. The molecule has 24 heavy (non-hydrogen) atoms. The standard InChI is InChI=1S/C20H22O4/c1-3-15-13-20(19(22)23-4-2)12-8-11-16(18(20)24-15)17(21)14-9-6-5-7-10-14/h3,5-7,9-10,15H,1,4,8,11-13H2,2H3/t15-,20-/m0/s1. The van der Waals surface area contributed by atoms with E-state index in [-0.39, 0.29) is 17.9 Å². The van der Waals surface area contributed by atoms with Crippen LogP contribution in [0.1, 0.15) is 43.0 Å². The summed E-state index contributed by atoms with van der Waals surface area (Å²) in [6.07, 6.45) is 3.96. The summed E-state index contributed by atoms with van der Waals surface area (Å²) in [5.74, 6) is 0.150. The van der Waals surface area contributed by atoms with E-state index in [0.717, 1.165) is 6.42 Å². The third kappa shape index (κ3) is 2.66. The molecule has 1 aliphatic carbocycles. The van der Waals surface area contributed by atoms with Gasteiger partial charge in [-0.2, -0.15) is 0 Å². The van der Waals surface area contributed by atoms with Gasteiger partial charge in [-0.25, -0.2) is 0 Å². The summed E-state index contributed by atoms with van der Waals surface area (Å²) < 4.78 is 11.3. The van der Waals surface area contributed by atoms with Crippen molar-refractivity contribution < 1.29 is 19.1 Å². The van der Waals surface area contributed by atoms with Crippen molar-refractivity contribution in [1.82, 2.24) is 0 Å². The number of hydrogen-bond acceptors (Lipinski definition) is 4. The van der Waals surface area contributed by atoms with Gasteiger partial charge in [-0.1, -0.05) is 43.0 Å². The van der Waals surface area contributed by atoms with Gasteiger partial charge in [0.05, 0.1) is 6.61 Å². The molecular formula is C20H22O4. The first kappa shape index (κ1) is 16.5. The Morgan fingerprint density at radius 2 is 2.12 bits per heavy atom.